The van der Waals surface area contributed by atoms with Crippen molar-refractivity contribution in [2.75, 3.05) is 0 Å². The molecule has 1 aromatic carbocycles. The lowest BCUT2D eigenvalue weighted by atomic mass is 9.95. The van der Waals surface area contributed by atoms with Gasteiger partial charge in [-0.25, -0.2) is 4.39 Å². The summed E-state index contributed by atoms with van der Waals surface area (Å²) in [6.07, 6.45) is 3.24. The van der Waals surface area contributed by atoms with Crippen molar-refractivity contribution in [3.05, 3.63) is 48.0 Å². The van der Waals surface area contributed by atoms with E-state index < -0.39 is 5.82 Å². The second-order valence-electron chi connectivity index (χ2n) is 6.04. The van der Waals surface area contributed by atoms with Crippen LogP contribution in [0.15, 0.2) is 40.8 Å². The van der Waals surface area contributed by atoms with Crippen LogP contribution in [0.2, 0.25) is 0 Å². The van der Waals surface area contributed by atoms with Gasteiger partial charge >= 0.3 is 0 Å². The molecule has 2 bridgehead atoms. The van der Waals surface area contributed by atoms with Gasteiger partial charge in [-0.2, -0.15) is 0 Å². The van der Waals surface area contributed by atoms with E-state index in [-0.39, 0.29) is 23.7 Å². The summed E-state index contributed by atoms with van der Waals surface area (Å²) in [6.45, 7) is 0. The SMILES string of the molecule is O=C(NC1CC2CCC1N2)c1ccc(Oc2cccc(F)c2)o1. The first-order valence-electron chi connectivity index (χ1n) is 7.77. The molecule has 2 aliphatic heterocycles. The van der Waals surface area contributed by atoms with Crippen molar-refractivity contribution in [3.63, 3.8) is 0 Å². The maximum Gasteiger partial charge on any atom is 0.290 e. The Kier molecular flexibility index (Phi) is 3.53. The van der Waals surface area contributed by atoms with Crippen molar-refractivity contribution >= 4 is 5.91 Å². The summed E-state index contributed by atoms with van der Waals surface area (Å²) >= 11 is 0. The highest BCUT2D eigenvalue weighted by Crippen LogP contribution is 2.29. The van der Waals surface area contributed by atoms with Crippen LogP contribution in [-0.2, 0) is 0 Å². The molecule has 1 aromatic heterocycles. The molecule has 2 N–H and O–H groups in total. The largest absolute Gasteiger partial charge is 0.426 e. The van der Waals surface area contributed by atoms with Gasteiger partial charge < -0.3 is 19.8 Å². The molecule has 23 heavy (non-hydrogen) atoms. The van der Waals surface area contributed by atoms with Crippen LogP contribution in [-0.4, -0.2) is 24.0 Å². The Labute approximate surface area is 132 Å². The number of halogens is 1. The molecule has 5 nitrogen and oxygen atoms in total. The summed E-state index contributed by atoms with van der Waals surface area (Å²) in [5.74, 6) is 0.0313. The quantitative estimate of drug-likeness (QED) is 0.910. The summed E-state index contributed by atoms with van der Waals surface area (Å²) in [5.41, 5.74) is 0. The van der Waals surface area contributed by atoms with Crippen molar-refractivity contribution in [1.82, 2.24) is 10.6 Å². The number of hydrogen-bond acceptors (Lipinski definition) is 4. The first-order chi connectivity index (χ1) is 11.2. The Bertz CT molecular complexity index is 730. The fourth-order valence-electron chi connectivity index (χ4n) is 3.37. The number of furan rings is 1. The van der Waals surface area contributed by atoms with Crippen LogP contribution in [0.3, 0.4) is 0 Å². The molecule has 0 saturated carbocycles. The summed E-state index contributed by atoms with van der Waals surface area (Å²) in [7, 11) is 0. The molecular weight excluding hydrogens is 299 g/mol. The van der Waals surface area contributed by atoms with E-state index in [1.165, 1.54) is 18.6 Å². The van der Waals surface area contributed by atoms with Crippen LogP contribution < -0.4 is 15.4 Å². The Morgan fingerprint density at radius 2 is 2.22 bits per heavy atom. The van der Waals surface area contributed by atoms with Gasteiger partial charge in [0, 0.05) is 30.3 Å². The Morgan fingerprint density at radius 1 is 1.30 bits per heavy atom. The summed E-state index contributed by atoms with van der Waals surface area (Å²) in [5, 5.41) is 6.47. The first kappa shape index (κ1) is 14.3. The van der Waals surface area contributed by atoms with Gasteiger partial charge in [0.1, 0.15) is 11.6 Å². The molecule has 4 rings (SSSR count). The number of nitrogens with one attached hydrogen (secondary N) is 2. The molecule has 3 atom stereocenters. The van der Waals surface area contributed by atoms with Crippen LogP contribution in [0.25, 0.3) is 0 Å². The van der Waals surface area contributed by atoms with Gasteiger partial charge in [0.2, 0.25) is 0 Å². The van der Waals surface area contributed by atoms with Crippen LogP contribution in [0.5, 0.6) is 11.7 Å². The minimum atomic E-state index is -0.393. The maximum atomic E-state index is 13.1. The highest BCUT2D eigenvalue weighted by molar-refractivity contribution is 5.91. The third-order valence-corrected chi connectivity index (χ3v) is 4.44. The van der Waals surface area contributed by atoms with Gasteiger partial charge in [0.15, 0.2) is 5.76 Å². The zero-order valence-electron chi connectivity index (χ0n) is 12.4. The summed E-state index contributed by atoms with van der Waals surface area (Å²) < 4.78 is 23.9. The second-order valence-corrected chi connectivity index (χ2v) is 6.04. The lowest BCUT2D eigenvalue weighted by molar-refractivity contribution is 0.0898. The van der Waals surface area contributed by atoms with Crippen LogP contribution >= 0.6 is 0 Å². The highest BCUT2D eigenvalue weighted by Gasteiger charge is 2.39. The minimum Gasteiger partial charge on any atom is -0.426 e. The average Bonchev–Trinajstić information content (AvgIpc) is 3.23. The maximum absolute atomic E-state index is 13.1. The van der Waals surface area contributed by atoms with Crippen LogP contribution in [0.4, 0.5) is 4.39 Å². The van der Waals surface area contributed by atoms with E-state index in [4.69, 9.17) is 9.15 Å². The van der Waals surface area contributed by atoms with Crippen molar-refractivity contribution in [3.8, 4) is 11.7 Å². The van der Waals surface area contributed by atoms with Gasteiger partial charge in [-0.3, -0.25) is 4.79 Å². The molecule has 2 fully saturated rings. The predicted octanol–water partition coefficient (Wildman–Crippen LogP) is 2.83. The number of hydrogen-bond donors (Lipinski definition) is 2. The van der Waals surface area contributed by atoms with Gasteiger partial charge in [0.25, 0.3) is 11.9 Å². The van der Waals surface area contributed by atoms with E-state index in [2.05, 4.69) is 10.6 Å². The Morgan fingerprint density at radius 3 is 2.96 bits per heavy atom. The van der Waals surface area contributed by atoms with Crippen LogP contribution in [0, 0.1) is 5.82 Å². The van der Waals surface area contributed by atoms with Gasteiger partial charge in [-0.05, 0) is 37.5 Å². The fourth-order valence-corrected chi connectivity index (χ4v) is 3.37. The van der Waals surface area contributed by atoms with E-state index in [9.17, 15) is 9.18 Å². The number of amides is 1. The third-order valence-electron chi connectivity index (χ3n) is 4.44. The highest BCUT2D eigenvalue weighted by atomic mass is 19.1. The molecule has 3 heterocycles. The van der Waals surface area contributed by atoms with Crippen molar-refractivity contribution < 1.29 is 18.3 Å². The molecule has 0 aliphatic carbocycles. The van der Waals surface area contributed by atoms with E-state index in [0.717, 1.165) is 12.8 Å². The van der Waals surface area contributed by atoms with E-state index >= 15 is 0 Å². The monoisotopic (exact) mass is 316 g/mol. The zero-order valence-corrected chi connectivity index (χ0v) is 12.4. The molecule has 6 heteroatoms. The second kappa shape index (κ2) is 5.70. The van der Waals surface area contributed by atoms with Gasteiger partial charge in [0.05, 0.1) is 0 Å². The molecular formula is C17H17FN2O3. The number of carbonyl (C=O) groups excluding carboxylic acids is 1. The fraction of sp³-hybridized carbons (Fsp3) is 0.353. The standard InChI is InChI=1S/C17H17FN2O3/c18-10-2-1-3-12(8-10)22-16-7-6-15(23-16)17(21)20-14-9-11-4-5-13(14)19-11/h1-3,6-8,11,13-14,19H,4-5,9H2,(H,20,21). The molecule has 120 valence electrons. The number of ether oxygens (including phenoxy) is 1. The summed E-state index contributed by atoms with van der Waals surface area (Å²) in [6, 6.07) is 9.90. The van der Waals surface area contributed by atoms with E-state index in [1.54, 1.807) is 24.3 Å². The van der Waals surface area contributed by atoms with Gasteiger partial charge in [-0.15, -0.1) is 0 Å². The third kappa shape index (κ3) is 2.94. The molecule has 2 saturated heterocycles. The minimum absolute atomic E-state index is 0.152. The number of benzene rings is 1. The number of rotatable bonds is 4. The molecule has 2 aromatic rings. The predicted molar refractivity (Wildman–Crippen MR) is 81.0 cm³/mol. The molecule has 2 aliphatic rings. The normalized spacial score (nSPS) is 25.5. The summed E-state index contributed by atoms with van der Waals surface area (Å²) in [4.78, 5) is 12.2. The van der Waals surface area contributed by atoms with Crippen molar-refractivity contribution in [2.24, 2.45) is 0 Å². The number of carbonyl (C=O) groups is 1. The number of fused-ring (bicyclic) bond motifs is 2. The average molecular weight is 316 g/mol. The molecule has 0 spiro atoms. The van der Waals surface area contributed by atoms with E-state index in [1.807, 2.05) is 0 Å². The molecule has 1 amide bonds. The molecule has 3 unspecified atom stereocenters. The van der Waals surface area contributed by atoms with Crippen molar-refractivity contribution in [1.29, 1.82) is 0 Å². The smallest absolute Gasteiger partial charge is 0.290 e. The lowest BCUT2D eigenvalue weighted by Gasteiger charge is -2.20. The lowest BCUT2D eigenvalue weighted by Crippen LogP contribution is -2.42. The zero-order chi connectivity index (χ0) is 15.8. The van der Waals surface area contributed by atoms with Crippen molar-refractivity contribution in [2.45, 2.75) is 37.4 Å². The van der Waals surface area contributed by atoms with Crippen LogP contribution in [0.1, 0.15) is 29.8 Å². The van der Waals surface area contributed by atoms with Gasteiger partial charge in [-0.1, -0.05) is 6.07 Å². The topological polar surface area (TPSA) is 63.5 Å². The molecule has 0 radical (unpaired) electrons. The first-order valence-corrected chi connectivity index (χ1v) is 7.77. The van der Waals surface area contributed by atoms with E-state index in [0.29, 0.717) is 17.8 Å². The Hall–Kier alpha value is -2.34. The Balaban J connectivity index is 1.40.